The zero-order valence-electron chi connectivity index (χ0n) is 11.7. The Labute approximate surface area is 129 Å². The summed E-state index contributed by atoms with van der Waals surface area (Å²) in [5.74, 6) is 0.222. The maximum atomic E-state index is 12.0. The fourth-order valence-electron chi connectivity index (χ4n) is 2.81. The van der Waals surface area contributed by atoms with Crippen molar-refractivity contribution in [1.82, 2.24) is 15.6 Å². The summed E-state index contributed by atoms with van der Waals surface area (Å²) in [6.07, 6.45) is 2.72. The lowest BCUT2D eigenvalue weighted by Crippen LogP contribution is -2.45. The molecule has 6 nitrogen and oxygen atoms in total. The van der Waals surface area contributed by atoms with Crippen LogP contribution in [0.25, 0.3) is 0 Å². The fraction of sp³-hybridized carbons (Fsp3) is 0.500. The predicted molar refractivity (Wildman–Crippen MR) is 81.7 cm³/mol. The first-order valence-electron chi connectivity index (χ1n) is 7.00. The van der Waals surface area contributed by atoms with Gasteiger partial charge in [-0.25, -0.2) is 4.98 Å². The highest BCUT2D eigenvalue weighted by atomic mass is 35.5. The number of hydrogen-bond acceptors (Lipinski definition) is 5. The van der Waals surface area contributed by atoms with Crippen LogP contribution in [0.4, 0.5) is 5.82 Å². The van der Waals surface area contributed by atoms with Crippen molar-refractivity contribution in [1.29, 1.82) is 0 Å². The first-order valence-corrected chi connectivity index (χ1v) is 7.00. The summed E-state index contributed by atoms with van der Waals surface area (Å²) in [6.45, 7) is 3.62. The largest absolute Gasteiger partial charge is 0.354 e. The number of piperazine rings is 1. The van der Waals surface area contributed by atoms with E-state index in [9.17, 15) is 9.59 Å². The molecule has 0 aromatic carbocycles. The van der Waals surface area contributed by atoms with Gasteiger partial charge < -0.3 is 10.2 Å². The third-order valence-electron chi connectivity index (χ3n) is 3.85. The molecule has 21 heavy (non-hydrogen) atoms. The van der Waals surface area contributed by atoms with Gasteiger partial charge in [0.25, 0.3) is 0 Å². The summed E-state index contributed by atoms with van der Waals surface area (Å²) >= 11 is 0. The van der Waals surface area contributed by atoms with Crippen molar-refractivity contribution in [3.05, 3.63) is 23.9 Å². The molecule has 0 radical (unpaired) electrons. The van der Waals surface area contributed by atoms with Crippen molar-refractivity contribution in [2.45, 2.75) is 18.8 Å². The average molecular weight is 311 g/mol. The summed E-state index contributed by atoms with van der Waals surface area (Å²) in [6, 6.07) is 3.80. The molecular weight excluding hydrogens is 292 g/mol. The van der Waals surface area contributed by atoms with Gasteiger partial charge in [0.15, 0.2) is 0 Å². The van der Waals surface area contributed by atoms with E-state index in [1.165, 1.54) is 0 Å². The van der Waals surface area contributed by atoms with E-state index in [4.69, 9.17) is 0 Å². The van der Waals surface area contributed by atoms with Crippen LogP contribution in [0, 0.1) is 0 Å². The number of amides is 2. The molecule has 2 fully saturated rings. The third-order valence-corrected chi connectivity index (χ3v) is 3.85. The van der Waals surface area contributed by atoms with Crippen molar-refractivity contribution in [2.24, 2.45) is 0 Å². The Morgan fingerprint density at radius 1 is 1.24 bits per heavy atom. The van der Waals surface area contributed by atoms with Crippen LogP contribution < -0.4 is 15.5 Å². The van der Waals surface area contributed by atoms with Crippen molar-refractivity contribution in [2.75, 3.05) is 31.1 Å². The second-order valence-electron chi connectivity index (χ2n) is 5.16. The van der Waals surface area contributed by atoms with E-state index in [2.05, 4.69) is 20.5 Å². The van der Waals surface area contributed by atoms with Crippen LogP contribution in [0.15, 0.2) is 18.3 Å². The van der Waals surface area contributed by atoms with E-state index in [1.807, 2.05) is 12.1 Å². The number of halogens is 1. The molecule has 1 atom stereocenters. The van der Waals surface area contributed by atoms with Crippen molar-refractivity contribution < 1.29 is 9.59 Å². The van der Waals surface area contributed by atoms with Gasteiger partial charge in [-0.3, -0.25) is 14.9 Å². The smallest absolute Gasteiger partial charge is 0.234 e. The fourth-order valence-corrected chi connectivity index (χ4v) is 2.81. The van der Waals surface area contributed by atoms with E-state index >= 15 is 0 Å². The number of carbonyl (C=O) groups excluding carboxylic acids is 2. The molecule has 2 N–H and O–H groups in total. The number of piperidine rings is 1. The van der Waals surface area contributed by atoms with Gasteiger partial charge in [-0.1, -0.05) is 6.07 Å². The van der Waals surface area contributed by atoms with Gasteiger partial charge >= 0.3 is 0 Å². The number of imide groups is 1. The second kappa shape index (κ2) is 6.87. The van der Waals surface area contributed by atoms with E-state index in [0.29, 0.717) is 12.8 Å². The summed E-state index contributed by atoms with van der Waals surface area (Å²) in [4.78, 5) is 30.0. The monoisotopic (exact) mass is 310 g/mol. The van der Waals surface area contributed by atoms with Crippen LogP contribution >= 0.6 is 12.4 Å². The minimum absolute atomic E-state index is 0. The minimum atomic E-state index is -0.272. The van der Waals surface area contributed by atoms with Crippen LogP contribution in [-0.4, -0.2) is 43.0 Å². The molecule has 2 aliphatic heterocycles. The SMILES string of the molecule is Cl.O=C1CCC(c2cccnc2N2CCNCC2)C(=O)N1. The van der Waals surface area contributed by atoms with E-state index in [0.717, 1.165) is 37.6 Å². The summed E-state index contributed by atoms with van der Waals surface area (Å²) in [5, 5.41) is 5.73. The minimum Gasteiger partial charge on any atom is -0.354 e. The maximum absolute atomic E-state index is 12.0. The lowest BCUT2D eigenvalue weighted by molar-refractivity contribution is -0.134. The topological polar surface area (TPSA) is 74.3 Å². The van der Waals surface area contributed by atoms with Gasteiger partial charge in [0.1, 0.15) is 5.82 Å². The summed E-state index contributed by atoms with van der Waals surface area (Å²) in [7, 11) is 0. The summed E-state index contributed by atoms with van der Waals surface area (Å²) < 4.78 is 0. The highest BCUT2D eigenvalue weighted by molar-refractivity contribution is 6.01. The summed E-state index contributed by atoms with van der Waals surface area (Å²) in [5.41, 5.74) is 0.930. The second-order valence-corrected chi connectivity index (χ2v) is 5.16. The molecule has 0 bridgehead atoms. The zero-order valence-corrected chi connectivity index (χ0v) is 12.5. The van der Waals surface area contributed by atoms with Crippen molar-refractivity contribution in [3.8, 4) is 0 Å². The van der Waals surface area contributed by atoms with Gasteiger partial charge in [-0.15, -0.1) is 12.4 Å². The standard InChI is InChI=1S/C14H18N4O2.ClH/c19-12-4-3-11(14(20)17-12)10-2-1-5-16-13(10)18-8-6-15-7-9-18;/h1-2,5,11,15H,3-4,6-9H2,(H,17,19,20);1H. The Bertz CT molecular complexity index is 531. The number of rotatable bonds is 2. The highest BCUT2D eigenvalue weighted by Crippen LogP contribution is 2.31. The van der Waals surface area contributed by atoms with Gasteiger partial charge in [0.05, 0.1) is 5.92 Å². The van der Waals surface area contributed by atoms with Crippen LogP contribution in [0.2, 0.25) is 0 Å². The molecule has 7 heteroatoms. The molecule has 0 spiro atoms. The van der Waals surface area contributed by atoms with Crippen LogP contribution in [0.5, 0.6) is 0 Å². The molecule has 3 heterocycles. The molecule has 1 unspecified atom stereocenters. The number of aromatic nitrogens is 1. The molecule has 1 aromatic rings. The molecule has 2 aliphatic rings. The van der Waals surface area contributed by atoms with Gasteiger partial charge in [-0.2, -0.15) is 0 Å². The molecule has 2 saturated heterocycles. The molecule has 0 saturated carbocycles. The van der Waals surface area contributed by atoms with Crippen molar-refractivity contribution in [3.63, 3.8) is 0 Å². The highest BCUT2D eigenvalue weighted by Gasteiger charge is 2.31. The Morgan fingerprint density at radius 3 is 2.71 bits per heavy atom. The first kappa shape index (κ1) is 15.7. The lowest BCUT2D eigenvalue weighted by Gasteiger charge is -2.32. The molecule has 0 aliphatic carbocycles. The van der Waals surface area contributed by atoms with Crippen LogP contribution in [0.1, 0.15) is 24.3 Å². The van der Waals surface area contributed by atoms with Crippen molar-refractivity contribution >= 4 is 30.0 Å². The van der Waals surface area contributed by atoms with E-state index in [1.54, 1.807) is 6.20 Å². The molecule has 2 amide bonds. The molecule has 1 aromatic heterocycles. The number of anilines is 1. The first-order chi connectivity index (χ1) is 9.75. The number of nitrogens with zero attached hydrogens (tertiary/aromatic N) is 2. The molecule has 3 rings (SSSR count). The number of carbonyl (C=O) groups is 2. The quantitative estimate of drug-likeness (QED) is 0.775. The zero-order chi connectivity index (χ0) is 13.9. The van der Waals surface area contributed by atoms with Gasteiger partial charge in [0, 0.05) is 44.4 Å². The Balaban J connectivity index is 0.00000161. The molecular formula is C14H19ClN4O2. The van der Waals surface area contributed by atoms with E-state index in [-0.39, 0.29) is 30.1 Å². The number of nitrogens with one attached hydrogen (secondary N) is 2. The number of hydrogen-bond donors (Lipinski definition) is 2. The third kappa shape index (κ3) is 3.33. The lowest BCUT2D eigenvalue weighted by atomic mass is 9.90. The predicted octanol–water partition coefficient (Wildman–Crippen LogP) is 0.433. The molecule has 114 valence electrons. The van der Waals surface area contributed by atoms with E-state index < -0.39 is 0 Å². The van der Waals surface area contributed by atoms with Gasteiger partial charge in [-0.05, 0) is 12.5 Å². The Hall–Kier alpha value is -1.66. The van der Waals surface area contributed by atoms with Gasteiger partial charge in [0.2, 0.25) is 11.8 Å². The van der Waals surface area contributed by atoms with Crippen LogP contribution in [0.3, 0.4) is 0 Å². The Morgan fingerprint density at radius 2 is 2.00 bits per heavy atom. The normalized spacial score (nSPS) is 22.5. The Kier molecular flexibility index (Phi) is 5.14. The maximum Gasteiger partial charge on any atom is 0.234 e. The number of pyridine rings is 1. The van der Waals surface area contributed by atoms with Crippen LogP contribution in [-0.2, 0) is 9.59 Å². The average Bonchev–Trinajstić information content (AvgIpc) is 2.48.